The lowest BCUT2D eigenvalue weighted by Crippen LogP contribution is -2.80. The van der Waals surface area contributed by atoms with Gasteiger partial charge in [0.05, 0.1) is 31.6 Å². The second kappa shape index (κ2) is 10.7. The van der Waals surface area contributed by atoms with Gasteiger partial charge < -0.3 is 39.8 Å². The quantitative estimate of drug-likeness (QED) is 0.196. The highest BCUT2D eigenvalue weighted by Gasteiger charge is 2.76. The first kappa shape index (κ1) is 29.3. The molecule has 5 aliphatic rings. The van der Waals surface area contributed by atoms with E-state index >= 15 is 0 Å². The molecule has 1 aromatic carbocycles. The van der Waals surface area contributed by atoms with Gasteiger partial charge in [0.1, 0.15) is 17.9 Å². The van der Waals surface area contributed by atoms with Crippen LogP contribution in [0.5, 0.6) is 17.2 Å². The molecule has 0 radical (unpaired) electrons. The predicted octanol–water partition coefficient (Wildman–Crippen LogP) is 2.04. The highest BCUT2D eigenvalue weighted by Crippen LogP contribution is 2.66. The summed E-state index contributed by atoms with van der Waals surface area (Å²) in [5.74, 6) is -0.418. The van der Waals surface area contributed by atoms with E-state index in [0.29, 0.717) is 38.4 Å². The molecule has 216 valence electrons. The molecule has 0 amide bonds. The number of aldehydes is 1. The number of ether oxygens (including phenoxy) is 1. The molecular weight excluding hydrogens is 504 g/mol. The number of piperidine rings is 1. The summed E-state index contributed by atoms with van der Waals surface area (Å²) >= 11 is 0. The summed E-state index contributed by atoms with van der Waals surface area (Å²) < 4.78 is 6.82. The molecule has 3 fully saturated rings. The number of likely N-dealkylation sites (tertiary alicyclic amines) is 1. The first-order chi connectivity index (χ1) is 18.5. The molecule has 1 spiro atoms. The molecule has 6 atom stereocenters. The number of carbonyl (C=O) groups is 3. The zero-order valence-corrected chi connectivity index (χ0v) is 23.4. The molecule has 5 N–H and O–H groups in total. The number of rotatable bonds is 7. The SMILES string of the molecule is CC.CN[C@H](C=O)CCC(=O)O.C[N+]1(CC2CC2)CC[C@]23c4c5cc(O)c(O)c4O[C@H]2C(=O)CC[C@@]3(O)[C@H]1C5. The van der Waals surface area contributed by atoms with Gasteiger partial charge in [-0.2, -0.15) is 0 Å². The fourth-order valence-corrected chi connectivity index (χ4v) is 7.56. The smallest absolute Gasteiger partial charge is 0.303 e. The number of hydrogen-bond donors (Lipinski definition) is 5. The molecule has 10 nitrogen and oxygen atoms in total. The third kappa shape index (κ3) is 4.60. The van der Waals surface area contributed by atoms with Gasteiger partial charge in [-0.05, 0) is 44.4 Å². The van der Waals surface area contributed by atoms with E-state index in [4.69, 9.17) is 9.84 Å². The number of benzene rings is 1. The number of aliphatic hydroxyl groups is 1. The minimum absolute atomic E-state index is 0.000314. The van der Waals surface area contributed by atoms with Crippen molar-refractivity contribution in [3.63, 3.8) is 0 Å². The van der Waals surface area contributed by atoms with Gasteiger partial charge in [-0.3, -0.25) is 9.59 Å². The lowest BCUT2D eigenvalue weighted by Gasteiger charge is -2.64. The van der Waals surface area contributed by atoms with Crippen LogP contribution in [0, 0.1) is 5.92 Å². The largest absolute Gasteiger partial charge is 0.504 e. The number of aromatic hydroxyl groups is 2. The number of phenols is 2. The number of Topliss-reactive ketones (excluding diaryl/α,β-unsaturated/α-hetero) is 1. The average molecular weight is 548 g/mol. The second-order valence-corrected chi connectivity index (χ2v) is 11.7. The Labute approximate surface area is 229 Å². The van der Waals surface area contributed by atoms with E-state index in [1.807, 2.05) is 13.8 Å². The fourth-order valence-electron chi connectivity index (χ4n) is 7.56. The molecule has 39 heavy (non-hydrogen) atoms. The Morgan fingerprint density at radius 2 is 1.97 bits per heavy atom. The average Bonchev–Trinajstić information content (AvgIpc) is 3.64. The maximum absolute atomic E-state index is 12.8. The summed E-state index contributed by atoms with van der Waals surface area (Å²) in [6.07, 6.45) is 4.95. The molecule has 10 heteroatoms. The van der Waals surface area contributed by atoms with Crippen LogP contribution >= 0.6 is 0 Å². The molecule has 0 aromatic heterocycles. The molecule has 1 saturated heterocycles. The zero-order valence-electron chi connectivity index (χ0n) is 23.4. The summed E-state index contributed by atoms with van der Waals surface area (Å²) in [4.78, 5) is 32.9. The summed E-state index contributed by atoms with van der Waals surface area (Å²) in [7, 11) is 3.88. The van der Waals surface area contributed by atoms with Crippen LogP contribution in [0.15, 0.2) is 6.07 Å². The van der Waals surface area contributed by atoms with Gasteiger partial charge in [0.2, 0.25) is 5.75 Å². The van der Waals surface area contributed by atoms with E-state index in [1.165, 1.54) is 12.8 Å². The third-order valence-corrected chi connectivity index (χ3v) is 9.57. The van der Waals surface area contributed by atoms with E-state index in [-0.39, 0.29) is 41.5 Å². The number of quaternary nitrogens is 1. The monoisotopic (exact) mass is 547 g/mol. The summed E-state index contributed by atoms with van der Waals surface area (Å²) in [5.41, 5.74) is -0.100. The van der Waals surface area contributed by atoms with E-state index < -0.39 is 23.1 Å². The summed E-state index contributed by atoms with van der Waals surface area (Å²) in [6.45, 7) is 5.96. The van der Waals surface area contributed by atoms with Crippen LogP contribution in [0.3, 0.4) is 0 Å². The standard InChI is InChI=1S/C21H25NO5.C6H11NO3.C2H6/c1-22(10-11-2-3-11)7-6-20-16-12-8-14(24)17(25)18(16)27-19(20)13(23)4-5-21(20,26)15(22)9-12;1-7-5(4-8)2-3-6(9)10;1-2/h8,11,15,19,26H,2-7,9-10H2,1H3,(H-,24,25);4-5,7H,2-3H2,1H3,(H,9,10);1-2H3/p+1/t15-,19+,20+,21-,22?;5-;/m10./s1. The van der Waals surface area contributed by atoms with Crippen LogP contribution < -0.4 is 10.1 Å². The Bertz CT molecular complexity index is 1140. The van der Waals surface area contributed by atoms with Crippen molar-refractivity contribution in [1.29, 1.82) is 0 Å². The fraction of sp³-hybridized carbons (Fsp3) is 0.690. The van der Waals surface area contributed by atoms with Gasteiger partial charge >= 0.3 is 5.97 Å². The van der Waals surface area contributed by atoms with Crippen molar-refractivity contribution in [3.05, 3.63) is 17.2 Å². The maximum Gasteiger partial charge on any atom is 0.303 e. The van der Waals surface area contributed by atoms with Crippen molar-refractivity contribution >= 4 is 18.0 Å². The molecule has 3 aliphatic carbocycles. The number of carboxylic acid groups (broad SMARTS) is 1. The highest BCUT2D eigenvalue weighted by atomic mass is 16.5. The van der Waals surface area contributed by atoms with Crippen LogP contribution in [0.1, 0.15) is 69.9 Å². The van der Waals surface area contributed by atoms with Gasteiger partial charge in [-0.1, -0.05) is 13.8 Å². The Balaban J connectivity index is 0.000000252. The van der Waals surface area contributed by atoms with Crippen LogP contribution in [0.4, 0.5) is 0 Å². The lowest BCUT2D eigenvalue weighted by atomic mass is 9.48. The van der Waals surface area contributed by atoms with Crippen molar-refractivity contribution in [1.82, 2.24) is 5.32 Å². The van der Waals surface area contributed by atoms with Crippen LogP contribution in [0.2, 0.25) is 0 Å². The number of nitrogens with one attached hydrogen (secondary N) is 1. The number of aliphatic carboxylic acids is 1. The first-order valence-corrected chi connectivity index (χ1v) is 14.2. The number of nitrogens with zero attached hydrogens (tertiary/aromatic N) is 1. The minimum atomic E-state index is -1.02. The summed E-state index contributed by atoms with van der Waals surface area (Å²) in [5, 5.41) is 43.7. The number of phenolic OH excluding ortho intramolecular Hbond substituents is 2. The number of carbonyl (C=O) groups excluding carboxylic acids is 2. The van der Waals surface area contributed by atoms with Crippen molar-refractivity contribution in [2.45, 2.75) is 94.4 Å². The number of likely N-dealkylation sites (N-methyl/N-ethyl adjacent to an activating group) is 2. The number of carboxylic acids is 1. The van der Waals surface area contributed by atoms with Crippen LogP contribution in [-0.4, -0.2) is 93.9 Å². The molecule has 1 unspecified atom stereocenters. The van der Waals surface area contributed by atoms with Gasteiger partial charge in [-0.25, -0.2) is 0 Å². The Hall–Kier alpha value is -2.69. The molecule has 2 heterocycles. The maximum atomic E-state index is 12.8. The van der Waals surface area contributed by atoms with Gasteiger partial charge in [-0.15, -0.1) is 0 Å². The Morgan fingerprint density at radius 1 is 1.28 bits per heavy atom. The lowest BCUT2D eigenvalue weighted by molar-refractivity contribution is -0.950. The van der Waals surface area contributed by atoms with Gasteiger partial charge in [0, 0.05) is 37.2 Å². The van der Waals surface area contributed by atoms with Crippen molar-refractivity contribution in [2.75, 3.05) is 27.2 Å². The zero-order chi connectivity index (χ0) is 28.8. The third-order valence-electron chi connectivity index (χ3n) is 9.57. The van der Waals surface area contributed by atoms with E-state index in [9.17, 15) is 29.7 Å². The molecular formula is C29H43N2O8+. The number of ketones is 1. The van der Waals surface area contributed by atoms with Crippen LogP contribution in [-0.2, 0) is 26.2 Å². The highest BCUT2D eigenvalue weighted by molar-refractivity contribution is 5.90. The molecule has 2 bridgehead atoms. The van der Waals surface area contributed by atoms with Gasteiger partial charge in [0.25, 0.3) is 0 Å². The minimum Gasteiger partial charge on any atom is -0.504 e. The molecule has 1 aromatic rings. The normalized spacial score (nSPS) is 33.8. The Morgan fingerprint density at radius 3 is 2.56 bits per heavy atom. The molecule has 2 saturated carbocycles. The number of hydrogen-bond acceptors (Lipinski definition) is 8. The van der Waals surface area contributed by atoms with Crippen molar-refractivity contribution in [2.24, 2.45) is 5.92 Å². The van der Waals surface area contributed by atoms with Crippen LogP contribution in [0.25, 0.3) is 0 Å². The molecule has 6 rings (SSSR count). The van der Waals surface area contributed by atoms with Crippen molar-refractivity contribution in [3.8, 4) is 17.2 Å². The summed E-state index contributed by atoms with van der Waals surface area (Å²) in [6, 6.07) is 1.28. The topological polar surface area (TPSA) is 153 Å². The molecule has 2 aliphatic heterocycles. The van der Waals surface area contributed by atoms with E-state index in [0.717, 1.165) is 34.6 Å². The van der Waals surface area contributed by atoms with E-state index in [1.54, 1.807) is 13.1 Å². The van der Waals surface area contributed by atoms with Crippen molar-refractivity contribution < 1.29 is 44.0 Å². The van der Waals surface area contributed by atoms with Gasteiger partial charge in [0.15, 0.2) is 23.4 Å². The Kier molecular flexibility index (Phi) is 8.04. The van der Waals surface area contributed by atoms with E-state index in [2.05, 4.69) is 12.4 Å². The second-order valence-electron chi connectivity index (χ2n) is 11.7. The first-order valence-electron chi connectivity index (χ1n) is 14.2. The predicted molar refractivity (Wildman–Crippen MR) is 143 cm³/mol.